The molecule has 0 spiro atoms. The number of para-hydroxylation sites is 1. The summed E-state index contributed by atoms with van der Waals surface area (Å²) in [6.07, 6.45) is 1.40. The number of aryl methyl sites for hydroxylation is 1. The van der Waals surface area contributed by atoms with Gasteiger partial charge in [-0.2, -0.15) is 0 Å². The minimum atomic E-state index is -0.538. The van der Waals surface area contributed by atoms with E-state index in [-0.39, 0.29) is 18.0 Å². The molecule has 1 aromatic carbocycles. The van der Waals surface area contributed by atoms with Crippen molar-refractivity contribution in [3.63, 3.8) is 0 Å². The number of aromatic nitrogens is 1. The Bertz CT molecular complexity index is 827. The molecule has 2 amide bonds. The Balaban J connectivity index is 1.77. The van der Waals surface area contributed by atoms with Crippen LogP contribution in [0.5, 0.6) is 0 Å². The highest BCUT2D eigenvalue weighted by atomic mass is 32.1. The van der Waals surface area contributed by atoms with Crippen LogP contribution in [0.4, 0.5) is 10.5 Å². The van der Waals surface area contributed by atoms with E-state index in [1.807, 2.05) is 58.0 Å². The van der Waals surface area contributed by atoms with Gasteiger partial charge in [0.25, 0.3) is 5.91 Å². The first-order valence-electron chi connectivity index (χ1n) is 9.08. The quantitative estimate of drug-likeness (QED) is 0.823. The van der Waals surface area contributed by atoms with Gasteiger partial charge in [0.1, 0.15) is 15.5 Å². The van der Waals surface area contributed by atoms with E-state index in [9.17, 15) is 9.59 Å². The SMILES string of the molecule is Cc1nc([C@@H]2CCCN2C(=O)OC(C)(C)C)sc1C(=O)Nc1ccccc1. The van der Waals surface area contributed by atoms with Crippen LogP contribution in [0.1, 0.15) is 60.0 Å². The van der Waals surface area contributed by atoms with Crippen LogP contribution in [0, 0.1) is 6.92 Å². The largest absolute Gasteiger partial charge is 0.444 e. The highest BCUT2D eigenvalue weighted by molar-refractivity contribution is 7.14. The monoisotopic (exact) mass is 387 g/mol. The van der Waals surface area contributed by atoms with Crippen molar-refractivity contribution in [1.29, 1.82) is 0 Å². The van der Waals surface area contributed by atoms with Crippen LogP contribution in [-0.4, -0.2) is 34.0 Å². The molecule has 7 heteroatoms. The molecule has 2 aromatic rings. The molecular weight excluding hydrogens is 362 g/mol. The summed E-state index contributed by atoms with van der Waals surface area (Å²) in [6, 6.07) is 9.20. The maximum Gasteiger partial charge on any atom is 0.410 e. The number of likely N-dealkylation sites (tertiary alicyclic amines) is 1. The van der Waals surface area contributed by atoms with Crippen molar-refractivity contribution in [3.8, 4) is 0 Å². The van der Waals surface area contributed by atoms with Crippen LogP contribution < -0.4 is 5.32 Å². The van der Waals surface area contributed by atoms with Crippen LogP contribution >= 0.6 is 11.3 Å². The number of ether oxygens (including phenoxy) is 1. The summed E-state index contributed by atoms with van der Waals surface area (Å²) in [5, 5.41) is 3.68. The Labute approximate surface area is 163 Å². The second kappa shape index (κ2) is 7.68. The molecule has 0 radical (unpaired) electrons. The van der Waals surface area contributed by atoms with Gasteiger partial charge in [-0.1, -0.05) is 18.2 Å². The number of carbonyl (C=O) groups is 2. The molecule has 1 fully saturated rings. The third-order valence-electron chi connectivity index (χ3n) is 4.22. The van der Waals surface area contributed by atoms with E-state index in [0.717, 1.165) is 23.5 Å². The third-order valence-corrected chi connectivity index (χ3v) is 5.47. The van der Waals surface area contributed by atoms with Crippen LogP contribution in [0.25, 0.3) is 0 Å². The van der Waals surface area contributed by atoms with Crippen molar-refractivity contribution in [2.75, 3.05) is 11.9 Å². The van der Waals surface area contributed by atoms with Crippen LogP contribution in [-0.2, 0) is 4.74 Å². The number of rotatable bonds is 3. The zero-order chi connectivity index (χ0) is 19.6. The second-order valence-electron chi connectivity index (χ2n) is 7.62. The van der Waals surface area contributed by atoms with Crippen molar-refractivity contribution in [2.24, 2.45) is 0 Å². The predicted molar refractivity (Wildman–Crippen MR) is 106 cm³/mol. The molecule has 0 saturated carbocycles. The number of benzene rings is 1. The van der Waals surface area contributed by atoms with E-state index in [1.165, 1.54) is 11.3 Å². The number of nitrogens with one attached hydrogen (secondary N) is 1. The van der Waals surface area contributed by atoms with Crippen LogP contribution in [0.15, 0.2) is 30.3 Å². The van der Waals surface area contributed by atoms with Gasteiger partial charge in [-0.25, -0.2) is 9.78 Å². The molecule has 1 saturated heterocycles. The van der Waals surface area contributed by atoms with Crippen molar-refractivity contribution >= 4 is 29.0 Å². The van der Waals surface area contributed by atoms with Gasteiger partial charge >= 0.3 is 6.09 Å². The summed E-state index contributed by atoms with van der Waals surface area (Å²) in [4.78, 5) is 32.0. The highest BCUT2D eigenvalue weighted by Gasteiger charge is 2.35. The average Bonchev–Trinajstić information content (AvgIpc) is 3.20. The van der Waals surface area contributed by atoms with Crippen molar-refractivity contribution < 1.29 is 14.3 Å². The van der Waals surface area contributed by atoms with Crippen molar-refractivity contribution in [1.82, 2.24) is 9.88 Å². The predicted octanol–water partition coefficient (Wildman–Crippen LogP) is 4.78. The van der Waals surface area contributed by atoms with Crippen LogP contribution in [0.2, 0.25) is 0 Å². The minimum absolute atomic E-state index is 0.137. The van der Waals surface area contributed by atoms with Gasteiger partial charge in [0.05, 0.1) is 11.7 Å². The van der Waals surface area contributed by atoms with Gasteiger partial charge < -0.3 is 10.1 Å². The fraction of sp³-hybridized carbons (Fsp3) is 0.450. The fourth-order valence-electron chi connectivity index (χ4n) is 3.04. The van der Waals surface area contributed by atoms with E-state index >= 15 is 0 Å². The molecule has 3 rings (SSSR count). The normalized spacial score (nSPS) is 17.0. The Morgan fingerprint density at radius 3 is 2.63 bits per heavy atom. The maximum atomic E-state index is 12.6. The number of hydrogen-bond donors (Lipinski definition) is 1. The zero-order valence-corrected chi connectivity index (χ0v) is 16.9. The number of nitrogens with zero attached hydrogens (tertiary/aromatic N) is 2. The van der Waals surface area contributed by atoms with Crippen LogP contribution in [0.3, 0.4) is 0 Å². The number of amides is 2. The van der Waals surface area contributed by atoms with E-state index in [4.69, 9.17) is 4.74 Å². The second-order valence-corrected chi connectivity index (χ2v) is 8.65. The maximum absolute atomic E-state index is 12.6. The third kappa shape index (κ3) is 4.66. The lowest BCUT2D eigenvalue weighted by Crippen LogP contribution is -2.36. The Hall–Kier alpha value is -2.41. The molecule has 6 nitrogen and oxygen atoms in total. The lowest BCUT2D eigenvalue weighted by molar-refractivity contribution is 0.0224. The number of carbonyl (C=O) groups excluding carboxylic acids is 2. The number of anilines is 1. The van der Waals surface area contributed by atoms with E-state index in [2.05, 4.69) is 10.3 Å². The summed E-state index contributed by atoms with van der Waals surface area (Å²) in [7, 11) is 0. The lowest BCUT2D eigenvalue weighted by atomic mass is 10.2. The molecule has 1 atom stereocenters. The van der Waals surface area contributed by atoms with Gasteiger partial charge in [0, 0.05) is 12.2 Å². The molecule has 0 bridgehead atoms. The molecule has 2 heterocycles. The first kappa shape index (κ1) is 19.4. The van der Waals surface area contributed by atoms with Crippen molar-refractivity contribution in [2.45, 2.75) is 52.2 Å². The summed E-state index contributed by atoms with van der Waals surface area (Å²) >= 11 is 1.35. The summed E-state index contributed by atoms with van der Waals surface area (Å²) in [5.41, 5.74) is 0.886. The first-order chi connectivity index (χ1) is 12.7. The first-order valence-corrected chi connectivity index (χ1v) is 9.89. The number of hydrogen-bond acceptors (Lipinski definition) is 5. The Morgan fingerprint density at radius 1 is 1.26 bits per heavy atom. The Kier molecular flexibility index (Phi) is 5.51. The smallest absolute Gasteiger partial charge is 0.410 e. The Morgan fingerprint density at radius 2 is 1.96 bits per heavy atom. The van der Waals surface area contributed by atoms with Gasteiger partial charge in [0.2, 0.25) is 0 Å². The summed E-state index contributed by atoms with van der Waals surface area (Å²) in [6.45, 7) is 8.04. The fourth-order valence-corrected chi connectivity index (χ4v) is 4.15. The minimum Gasteiger partial charge on any atom is -0.444 e. The summed E-state index contributed by atoms with van der Waals surface area (Å²) in [5.74, 6) is -0.177. The lowest BCUT2D eigenvalue weighted by Gasteiger charge is -2.27. The topological polar surface area (TPSA) is 71.5 Å². The summed E-state index contributed by atoms with van der Waals surface area (Å²) < 4.78 is 5.52. The molecule has 1 aliphatic rings. The molecule has 1 N–H and O–H groups in total. The standard InChI is InChI=1S/C20H25N3O3S/c1-13-16(17(24)22-14-9-6-5-7-10-14)27-18(21-13)15-11-8-12-23(15)19(25)26-20(2,3)4/h5-7,9-10,15H,8,11-12H2,1-4H3,(H,22,24)/t15-/m0/s1. The molecule has 1 aromatic heterocycles. The molecule has 144 valence electrons. The molecule has 0 aliphatic carbocycles. The van der Waals surface area contributed by atoms with E-state index in [1.54, 1.807) is 4.90 Å². The molecule has 1 aliphatic heterocycles. The van der Waals surface area contributed by atoms with E-state index in [0.29, 0.717) is 17.1 Å². The van der Waals surface area contributed by atoms with Gasteiger partial charge in [0.15, 0.2) is 0 Å². The molecule has 27 heavy (non-hydrogen) atoms. The zero-order valence-electron chi connectivity index (χ0n) is 16.1. The molecule has 0 unspecified atom stereocenters. The van der Waals surface area contributed by atoms with Gasteiger partial charge in [-0.15, -0.1) is 11.3 Å². The average molecular weight is 388 g/mol. The van der Waals surface area contributed by atoms with Crippen molar-refractivity contribution in [3.05, 3.63) is 45.9 Å². The van der Waals surface area contributed by atoms with E-state index < -0.39 is 5.60 Å². The highest BCUT2D eigenvalue weighted by Crippen LogP contribution is 2.36. The number of thiazole rings is 1. The van der Waals surface area contributed by atoms with Gasteiger partial charge in [-0.3, -0.25) is 9.69 Å². The molecular formula is C20H25N3O3S. The van der Waals surface area contributed by atoms with Gasteiger partial charge in [-0.05, 0) is 52.7 Å².